The summed E-state index contributed by atoms with van der Waals surface area (Å²) in [4.78, 5) is 6.41. The van der Waals surface area contributed by atoms with Gasteiger partial charge in [-0.2, -0.15) is 0 Å². The number of phenolic OH excluding ortho intramolecular Hbond substituents is 1. The molecule has 0 aliphatic carbocycles. The van der Waals surface area contributed by atoms with Crippen molar-refractivity contribution >= 4 is 17.0 Å². The van der Waals surface area contributed by atoms with E-state index in [1.165, 1.54) is 19.6 Å². The maximum absolute atomic E-state index is 10.1. The third-order valence-electron chi connectivity index (χ3n) is 4.52. The number of hydrogen-bond acceptors (Lipinski definition) is 2. The first kappa shape index (κ1) is 14.1. The van der Waals surface area contributed by atoms with E-state index in [-0.39, 0.29) is 0 Å². The molecule has 2 aromatic carbocycles. The Morgan fingerprint density at radius 3 is 2.71 bits per heavy atom. The van der Waals surface area contributed by atoms with Crippen LogP contribution in [0.2, 0.25) is 0 Å². The molecule has 21 heavy (non-hydrogen) atoms. The van der Waals surface area contributed by atoms with Crippen LogP contribution >= 0.6 is 0 Å². The first-order valence-electron chi connectivity index (χ1n) is 7.85. The molecule has 0 saturated carbocycles. The van der Waals surface area contributed by atoms with Crippen molar-refractivity contribution in [3.63, 3.8) is 0 Å². The Kier molecular flexibility index (Phi) is 4.20. The molecule has 1 saturated heterocycles. The summed E-state index contributed by atoms with van der Waals surface area (Å²) in [6.45, 7) is 5.87. The maximum Gasteiger partial charge on any atom is 0.124 e. The van der Waals surface area contributed by atoms with Gasteiger partial charge >= 0.3 is 0 Å². The molecule has 2 N–H and O–H groups in total. The molecule has 0 bridgehead atoms. The highest BCUT2D eigenvalue weighted by Crippen LogP contribution is 2.25. The summed E-state index contributed by atoms with van der Waals surface area (Å²) in [6, 6.07) is 12.2. The molecule has 1 aliphatic rings. The van der Waals surface area contributed by atoms with Crippen molar-refractivity contribution in [3.8, 4) is 5.75 Å². The second-order valence-corrected chi connectivity index (χ2v) is 5.83. The van der Waals surface area contributed by atoms with Gasteiger partial charge in [0.25, 0.3) is 0 Å². The number of aliphatic imine (C=N–C) groups is 1. The Bertz CT molecular complexity index is 643. The molecule has 3 nitrogen and oxygen atoms in total. The van der Waals surface area contributed by atoms with E-state index in [4.69, 9.17) is 4.99 Å². The Labute approximate surface area is 125 Å². The third kappa shape index (κ3) is 3.08. The van der Waals surface area contributed by atoms with Crippen LogP contribution in [0.15, 0.2) is 41.4 Å². The van der Waals surface area contributed by atoms with Crippen molar-refractivity contribution in [2.24, 2.45) is 4.99 Å². The molecule has 1 aliphatic heterocycles. The van der Waals surface area contributed by atoms with Crippen molar-refractivity contribution in [3.05, 3.63) is 42.0 Å². The molecular weight excluding hydrogens is 260 g/mol. The number of hydrogen-bond donors (Lipinski definition) is 2. The minimum atomic E-state index is 0.314. The summed E-state index contributed by atoms with van der Waals surface area (Å²) in [7, 11) is 0. The lowest BCUT2D eigenvalue weighted by Crippen LogP contribution is -3.12. The molecule has 0 radical (unpaired) electrons. The van der Waals surface area contributed by atoms with E-state index in [2.05, 4.69) is 13.0 Å². The van der Waals surface area contributed by atoms with Gasteiger partial charge in [0.05, 0.1) is 25.7 Å². The fraction of sp³-hybridized carbons (Fsp3) is 0.389. The van der Waals surface area contributed by atoms with E-state index in [1.807, 2.05) is 30.5 Å². The molecule has 3 heteroatoms. The zero-order valence-corrected chi connectivity index (χ0v) is 12.5. The Balaban J connectivity index is 1.81. The van der Waals surface area contributed by atoms with Gasteiger partial charge in [-0.25, -0.2) is 0 Å². The number of phenols is 1. The highest BCUT2D eigenvalue weighted by atomic mass is 16.3. The Morgan fingerprint density at radius 1 is 1.19 bits per heavy atom. The average molecular weight is 283 g/mol. The van der Waals surface area contributed by atoms with E-state index in [0.717, 1.165) is 29.2 Å². The fourth-order valence-electron chi connectivity index (χ4n) is 3.11. The van der Waals surface area contributed by atoms with Gasteiger partial charge in [-0.3, -0.25) is 4.99 Å². The second-order valence-electron chi connectivity index (χ2n) is 5.83. The van der Waals surface area contributed by atoms with Crippen LogP contribution in [0.3, 0.4) is 0 Å². The van der Waals surface area contributed by atoms with Gasteiger partial charge in [-0.05, 0) is 23.8 Å². The number of quaternary nitrogens is 1. The van der Waals surface area contributed by atoms with Crippen molar-refractivity contribution in [1.29, 1.82) is 0 Å². The number of nitrogens with zero attached hydrogens (tertiary/aromatic N) is 1. The van der Waals surface area contributed by atoms with Crippen LogP contribution in [0, 0.1) is 0 Å². The van der Waals surface area contributed by atoms with Gasteiger partial charge in [0.2, 0.25) is 0 Å². The minimum absolute atomic E-state index is 0.314. The number of likely N-dealkylation sites (tertiary alicyclic amines) is 1. The van der Waals surface area contributed by atoms with Crippen molar-refractivity contribution in [2.45, 2.75) is 25.8 Å². The van der Waals surface area contributed by atoms with Crippen LogP contribution < -0.4 is 4.90 Å². The Morgan fingerprint density at radius 2 is 1.95 bits per heavy atom. The predicted octanol–water partition coefficient (Wildman–Crippen LogP) is 2.03. The largest absolute Gasteiger partial charge is 0.507 e. The monoisotopic (exact) mass is 283 g/mol. The van der Waals surface area contributed by atoms with E-state index in [0.29, 0.717) is 11.8 Å². The summed E-state index contributed by atoms with van der Waals surface area (Å²) in [5.41, 5.74) is 0.846. The highest BCUT2D eigenvalue weighted by Gasteiger charge is 2.19. The van der Waals surface area contributed by atoms with E-state index >= 15 is 0 Å². The summed E-state index contributed by atoms with van der Waals surface area (Å²) < 4.78 is 0. The third-order valence-corrected chi connectivity index (χ3v) is 4.52. The average Bonchev–Trinajstić information content (AvgIpc) is 2.54. The van der Waals surface area contributed by atoms with Gasteiger partial charge in [0.15, 0.2) is 0 Å². The molecule has 1 heterocycles. The predicted molar refractivity (Wildman–Crippen MR) is 87.5 cm³/mol. The molecular formula is C18H23N2O+. The lowest BCUT2D eigenvalue weighted by atomic mass is 10.0. The van der Waals surface area contributed by atoms with E-state index in [1.54, 1.807) is 11.0 Å². The molecule has 1 fully saturated rings. The van der Waals surface area contributed by atoms with Gasteiger partial charge in [-0.15, -0.1) is 0 Å². The van der Waals surface area contributed by atoms with Crippen molar-refractivity contribution < 1.29 is 10.0 Å². The van der Waals surface area contributed by atoms with Crippen LogP contribution in [0.4, 0.5) is 0 Å². The van der Waals surface area contributed by atoms with Crippen LogP contribution in [0.5, 0.6) is 5.75 Å². The molecule has 0 atom stereocenters. The number of piperidine rings is 1. The molecule has 3 rings (SSSR count). The first-order valence-corrected chi connectivity index (χ1v) is 7.85. The highest BCUT2D eigenvalue weighted by molar-refractivity contribution is 6.02. The van der Waals surface area contributed by atoms with Crippen molar-refractivity contribution in [1.82, 2.24) is 0 Å². The Hall–Kier alpha value is -1.87. The first-order chi connectivity index (χ1) is 10.3. The van der Waals surface area contributed by atoms with Crippen molar-refractivity contribution in [2.75, 3.05) is 19.6 Å². The van der Waals surface area contributed by atoms with Crippen LogP contribution in [-0.4, -0.2) is 37.0 Å². The smallest absolute Gasteiger partial charge is 0.124 e. The van der Waals surface area contributed by atoms with Gasteiger partial charge in [0, 0.05) is 24.6 Å². The minimum Gasteiger partial charge on any atom is -0.507 e. The van der Waals surface area contributed by atoms with Gasteiger partial charge in [0.1, 0.15) is 5.75 Å². The molecule has 110 valence electrons. The number of aromatic hydroxyl groups is 1. The lowest BCUT2D eigenvalue weighted by Gasteiger charge is -2.26. The van der Waals surface area contributed by atoms with Crippen LogP contribution in [0.1, 0.15) is 25.3 Å². The number of nitrogens with one attached hydrogen (secondary N) is 1. The number of benzene rings is 2. The summed E-state index contributed by atoms with van der Waals surface area (Å²) in [6.07, 6.45) is 4.16. The molecule has 0 aromatic heterocycles. The number of rotatable bonds is 3. The second kappa shape index (κ2) is 6.27. The molecule has 2 aromatic rings. The lowest BCUT2D eigenvalue weighted by molar-refractivity contribution is -0.903. The summed E-state index contributed by atoms with van der Waals surface area (Å²) in [5.74, 6) is 0.314. The summed E-state index contributed by atoms with van der Waals surface area (Å²) in [5, 5.41) is 12.3. The summed E-state index contributed by atoms with van der Waals surface area (Å²) >= 11 is 0. The van der Waals surface area contributed by atoms with E-state index in [9.17, 15) is 5.11 Å². The van der Waals surface area contributed by atoms with Crippen LogP contribution in [0.25, 0.3) is 10.8 Å². The maximum atomic E-state index is 10.1. The standard InChI is InChI=1S/C18H22N2O/c1-2-20-11-9-15(10-12-20)19-13-17-16-6-4-3-5-14(16)7-8-18(17)21/h3-8,13,15,21H,2,9-12H2,1H3/p+1. The van der Waals surface area contributed by atoms with Gasteiger partial charge in [-0.1, -0.05) is 30.3 Å². The molecule has 0 spiro atoms. The van der Waals surface area contributed by atoms with Gasteiger partial charge < -0.3 is 10.0 Å². The molecule has 0 amide bonds. The van der Waals surface area contributed by atoms with E-state index < -0.39 is 0 Å². The topological polar surface area (TPSA) is 37.0 Å². The molecule has 0 unspecified atom stereocenters. The zero-order valence-electron chi connectivity index (χ0n) is 12.5. The number of fused-ring (bicyclic) bond motifs is 1. The zero-order chi connectivity index (χ0) is 14.7. The normalized spacial score (nSPS) is 22.9. The fourth-order valence-corrected chi connectivity index (χ4v) is 3.11. The van der Waals surface area contributed by atoms with Crippen LogP contribution in [-0.2, 0) is 0 Å². The SMILES string of the molecule is CC[NH+]1CCC(N=Cc2c(O)ccc3ccccc23)CC1. The quantitative estimate of drug-likeness (QED) is 0.831.